The van der Waals surface area contributed by atoms with Crippen molar-refractivity contribution in [2.75, 3.05) is 13.1 Å². The van der Waals surface area contributed by atoms with Gasteiger partial charge in [-0.3, -0.25) is 4.90 Å². The quantitative estimate of drug-likeness (QED) is 0.908. The van der Waals surface area contributed by atoms with Crippen molar-refractivity contribution >= 4 is 11.6 Å². The SMILES string of the molecule is CC1CCN(C(CN)c2ccc(Cl)cc2)C(C)C1. The van der Waals surface area contributed by atoms with E-state index in [2.05, 4.69) is 30.9 Å². The average molecular weight is 267 g/mol. The summed E-state index contributed by atoms with van der Waals surface area (Å²) in [7, 11) is 0. The van der Waals surface area contributed by atoms with E-state index in [0.29, 0.717) is 18.6 Å². The lowest BCUT2D eigenvalue weighted by molar-refractivity contribution is 0.0847. The number of hydrogen-bond donors (Lipinski definition) is 1. The van der Waals surface area contributed by atoms with Gasteiger partial charge in [0.1, 0.15) is 0 Å². The smallest absolute Gasteiger partial charge is 0.0473 e. The molecule has 1 aromatic rings. The largest absolute Gasteiger partial charge is 0.329 e. The van der Waals surface area contributed by atoms with Crippen LogP contribution >= 0.6 is 11.6 Å². The van der Waals surface area contributed by atoms with Crippen LogP contribution in [0.15, 0.2) is 24.3 Å². The molecular formula is C15H23ClN2. The Labute approximate surface area is 115 Å². The predicted molar refractivity (Wildman–Crippen MR) is 77.8 cm³/mol. The van der Waals surface area contributed by atoms with Crippen LogP contribution in [0.1, 0.15) is 38.3 Å². The van der Waals surface area contributed by atoms with E-state index in [-0.39, 0.29) is 0 Å². The molecule has 2 nitrogen and oxygen atoms in total. The van der Waals surface area contributed by atoms with Gasteiger partial charge in [-0.2, -0.15) is 0 Å². The second-order valence-corrected chi connectivity index (χ2v) is 5.96. The van der Waals surface area contributed by atoms with Crippen LogP contribution in [0.25, 0.3) is 0 Å². The molecule has 0 aromatic heterocycles. The molecule has 0 saturated carbocycles. The van der Waals surface area contributed by atoms with Crippen LogP contribution in [0.2, 0.25) is 5.02 Å². The standard InChI is InChI=1S/C15H23ClN2/c1-11-7-8-18(12(2)9-11)15(10-17)13-3-5-14(16)6-4-13/h3-6,11-12,15H,7-10,17H2,1-2H3. The lowest BCUT2D eigenvalue weighted by atomic mass is 9.90. The molecule has 1 aliphatic rings. The minimum absolute atomic E-state index is 0.324. The molecule has 0 radical (unpaired) electrons. The van der Waals surface area contributed by atoms with Gasteiger partial charge in [-0.15, -0.1) is 0 Å². The van der Waals surface area contributed by atoms with Gasteiger partial charge in [0.2, 0.25) is 0 Å². The summed E-state index contributed by atoms with van der Waals surface area (Å²) >= 11 is 5.95. The number of likely N-dealkylation sites (tertiary alicyclic amines) is 1. The molecule has 100 valence electrons. The molecule has 2 rings (SSSR count). The van der Waals surface area contributed by atoms with Crippen LogP contribution in [0, 0.1) is 5.92 Å². The highest BCUT2D eigenvalue weighted by atomic mass is 35.5. The zero-order valence-corrected chi connectivity index (χ0v) is 12.0. The molecule has 1 aliphatic heterocycles. The summed E-state index contributed by atoms with van der Waals surface area (Å²) in [6.45, 7) is 6.47. The summed E-state index contributed by atoms with van der Waals surface area (Å²) in [6, 6.07) is 9.05. The third-order valence-electron chi connectivity index (χ3n) is 4.07. The van der Waals surface area contributed by atoms with Gasteiger partial charge in [0, 0.05) is 23.7 Å². The lowest BCUT2D eigenvalue weighted by Crippen LogP contribution is -2.44. The fraction of sp³-hybridized carbons (Fsp3) is 0.600. The van der Waals surface area contributed by atoms with Crippen LogP contribution in [0.4, 0.5) is 0 Å². The third-order valence-corrected chi connectivity index (χ3v) is 4.32. The van der Waals surface area contributed by atoms with E-state index in [0.717, 1.165) is 17.5 Å². The topological polar surface area (TPSA) is 29.3 Å². The number of halogens is 1. The van der Waals surface area contributed by atoms with Gasteiger partial charge in [-0.25, -0.2) is 0 Å². The van der Waals surface area contributed by atoms with Gasteiger partial charge in [-0.05, 0) is 49.9 Å². The normalized spacial score (nSPS) is 27.1. The van der Waals surface area contributed by atoms with Gasteiger partial charge < -0.3 is 5.73 Å². The third kappa shape index (κ3) is 3.05. The molecule has 1 saturated heterocycles. The van der Waals surface area contributed by atoms with E-state index >= 15 is 0 Å². The Morgan fingerprint density at radius 3 is 2.56 bits per heavy atom. The van der Waals surface area contributed by atoms with Gasteiger partial charge in [0.15, 0.2) is 0 Å². The summed E-state index contributed by atoms with van der Waals surface area (Å²) < 4.78 is 0. The maximum Gasteiger partial charge on any atom is 0.0473 e. The van der Waals surface area contributed by atoms with Crippen LogP contribution < -0.4 is 5.73 Å². The summed E-state index contributed by atoms with van der Waals surface area (Å²) in [5.41, 5.74) is 7.28. The van der Waals surface area contributed by atoms with Gasteiger partial charge >= 0.3 is 0 Å². The highest BCUT2D eigenvalue weighted by Crippen LogP contribution is 2.30. The van der Waals surface area contributed by atoms with Crippen molar-refractivity contribution in [3.63, 3.8) is 0 Å². The fourth-order valence-corrected chi connectivity index (χ4v) is 3.16. The maximum atomic E-state index is 6.00. The summed E-state index contributed by atoms with van der Waals surface area (Å²) in [6.07, 6.45) is 2.54. The molecule has 3 heteroatoms. The molecule has 3 unspecified atom stereocenters. The Bertz CT molecular complexity index is 377. The molecule has 0 aliphatic carbocycles. The number of benzene rings is 1. The summed E-state index contributed by atoms with van der Waals surface area (Å²) in [4.78, 5) is 2.54. The summed E-state index contributed by atoms with van der Waals surface area (Å²) in [5.74, 6) is 0.833. The Morgan fingerprint density at radius 2 is 2.00 bits per heavy atom. The first-order valence-corrected chi connectivity index (χ1v) is 7.21. The molecule has 1 heterocycles. The van der Waals surface area contributed by atoms with E-state index in [9.17, 15) is 0 Å². The molecule has 18 heavy (non-hydrogen) atoms. The van der Waals surface area contributed by atoms with Crippen LogP contribution in [0.3, 0.4) is 0 Å². The zero-order chi connectivity index (χ0) is 13.1. The first kappa shape index (κ1) is 13.9. The molecule has 0 spiro atoms. The minimum atomic E-state index is 0.324. The number of hydrogen-bond acceptors (Lipinski definition) is 2. The lowest BCUT2D eigenvalue weighted by Gasteiger charge is -2.41. The molecular weight excluding hydrogens is 244 g/mol. The van der Waals surface area contributed by atoms with E-state index in [1.807, 2.05) is 12.1 Å². The first-order valence-electron chi connectivity index (χ1n) is 6.83. The average Bonchev–Trinajstić information content (AvgIpc) is 2.35. The second kappa shape index (κ2) is 6.05. The molecule has 0 bridgehead atoms. The van der Waals surface area contributed by atoms with E-state index in [4.69, 9.17) is 17.3 Å². The minimum Gasteiger partial charge on any atom is -0.329 e. The first-order chi connectivity index (χ1) is 8.61. The second-order valence-electron chi connectivity index (χ2n) is 5.52. The Balaban J connectivity index is 2.15. The van der Waals surface area contributed by atoms with Crippen molar-refractivity contribution in [3.8, 4) is 0 Å². The molecule has 2 N–H and O–H groups in total. The predicted octanol–water partition coefficient (Wildman–Crippen LogP) is 3.46. The van der Waals surface area contributed by atoms with E-state index in [1.165, 1.54) is 18.4 Å². The molecule has 1 fully saturated rings. The van der Waals surface area contributed by atoms with Gasteiger partial charge in [-0.1, -0.05) is 30.7 Å². The Hall–Kier alpha value is -0.570. The Kier molecular flexibility index (Phi) is 4.66. The van der Waals surface area contributed by atoms with Crippen LogP contribution in [-0.2, 0) is 0 Å². The van der Waals surface area contributed by atoms with Crippen molar-refractivity contribution in [2.24, 2.45) is 11.7 Å². The molecule has 3 atom stereocenters. The number of rotatable bonds is 3. The van der Waals surface area contributed by atoms with Crippen molar-refractivity contribution in [3.05, 3.63) is 34.9 Å². The van der Waals surface area contributed by atoms with Gasteiger partial charge in [0.25, 0.3) is 0 Å². The van der Waals surface area contributed by atoms with Gasteiger partial charge in [0.05, 0.1) is 0 Å². The van der Waals surface area contributed by atoms with E-state index < -0.39 is 0 Å². The fourth-order valence-electron chi connectivity index (χ4n) is 3.04. The van der Waals surface area contributed by atoms with Crippen LogP contribution in [-0.4, -0.2) is 24.0 Å². The number of nitrogens with zero attached hydrogens (tertiary/aromatic N) is 1. The van der Waals surface area contributed by atoms with Crippen molar-refractivity contribution in [2.45, 2.75) is 38.8 Å². The highest BCUT2D eigenvalue weighted by Gasteiger charge is 2.28. The number of piperidine rings is 1. The van der Waals surface area contributed by atoms with E-state index in [1.54, 1.807) is 0 Å². The molecule has 0 amide bonds. The van der Waals surface area contributed by atoms with Crippen LogP contribution in [0.5, 0.6) is 0 Å². The van der Waals surface area contributed by atoms with Crippen molar-refractivity contribution < 1.29 is 0 Å². The summed E-state index contributed by atoms with van der Waals surface area (Å²) in [5, 5.41) is 0.787. The molecule has 1 aromatic carbocycles. The highest BCUT2D eigenvalue weighted by molar-refractivity contribution is 6.30. The maximum absolute atomic E-state index is 6.00. The Morgan fingerprint density at radius 1 is 1.33 bits per heavy atom. The zero-order valence-electron chi connectivity index (χ0n) is 11.3. The number of nitrogens with two attached hydrogens (primary N) is 1. The monoisotopic (exact) mass is 266 g/mol. The van der Waals surface area contributed by atoms with Crippen molar-refractivity contribution in [1.29, 1.82) is 0 Å². The van der Waals surface area contributed by atoms with Crippen molar-refractivity contribution in [1.82, 2.24) is 4.90 Å².